The Hall–Kier alpha value is -3.40. The molecular formula is C26H31BrN4O5. The number of hydrogen-bond donors (Lipinski definition) is 0. The normalized spacial score (nSPS) is 11.0. The molecule has 0 unspecified atom stereocenters. The monoisotopic (exact) mass is 558 g/mol. The van der Waals surface area contributed by atoms with Gasteiger partial charge in [-0.15, -0.1) is 0 Å². The van der Waals surface area contributed by atoms with E-state index in [1.165, 1.54) is 0 Å². The summed E-state index contributed by atoms with van der Waals surface area (Å²) < 4.78 is 11.4. The molecule has 0 aliphatic rings. The number of anilines is 3. The molecule has 192 valence electrons. The number of halogens is 1. The van der Waals surface area contributed by atoms with Crippen LogP contribution in [0.3, 0.4) is 0 Å². The molecule has 3 rings (SSSR count). The summed E-state index contributed by atoms with van der Waals surface area (Å²) in [5, 5.41) is 12.5. The summed E-state index contributed by atoms with van der Waals surface area (Å²) in [6, 6.07) is 11.0. The maximum Gasteiger partial charge on any atom is 0.335 e. The maximum atomic E-state index is 12.6. The van der Waals surface area contributed by atoms with Gasteiger partial charge in [0.1, 0.15) is 18.0 Å². The van der Waals surface area contributed by atoms with Gasteiger partial charge >= 0.3 is 11.7 Å². The molecule has 0 aliphatic heterocycles. The Kier molecular flexibility index (Phi) is 9.08. The molecule has 9 nitrogen and oxygen atoms in total. The van der Waals surface area contributed by atoms with Crippen LogP contribution in [0.4, 0.5) is 22.9 Å². The van der Waals surface area contributed by atoms with Gasteiger partial charge in [0.2, 0.25) is 5.82 Å². The average Bonchev–Trinajstić information content (AvgIpc) is 3.33. The van der Waals surface area contributed by atoms with Crippen LogP contribution in [0.15, 0.2) is 51.6 Å². The number of furan rings is 1. The Morgan fingerprint density at radius 2 is 1.97 bits per heavy atom. The number of carbonyl (C=O) groups is 1. The Morgan fingerprint density at radius 3 is 2.53 bits per heavy atom. The van der Waals surface area contributed by atoms with Gasteiger partial charge < -0.3 is 19.0 Å². The number of ether oxygens (including phenoxy) is 1. The Morgan fingerprint density at radius 1 is 1.22 bits per heavy atom. The molecule has 36 heavy (non-hydrogen) atoms. The molecule has 0 saturated heterocycles. The quantitative estimate of drug-likeness (QED) is 0.149. The van der Waals surface area contributed by atoms with Crippen LogP contribution in [0, 0.1) is 17.0 Å². The van der Waals surface area contributed by atoms with Crippen molar-refractivity contribution in [3.05, 3.63) is 74.3 Å². The van der Waals surface area contributed by atoms with Gasteiger partial charge in [-0.05, 0) is 78.5 Å². The van der Waals surface area contributed by atoms with Crippen molar-refractivity contribution < 1.29 is 18.9 Å². The maximum absolute atomic E-state index is 12.6. The third kappa shape index (κ3) is 6.23. The number of aromatic nitrogens is 1. The molecule has 0 saturated carbocycles. The summed E-state index contributed by atoms with van der Waals surface area (Å²) in [4.78, 5) is 32.7. The Balaban J connectivity index is 2.22. The second-order valence-corrected chi connectivity index (χ2v) is 9.42. The number of carbonyl (C=O) groups excluding carboxylic acids is 1. The van der Waals surface area contributed by atoms with Crippen LogP contribution in [0.2, 0.25) is 0 Å². The lowest BCUT2D eigenvalue weighted by molar-refractivity contribution is -0.383. The summed E-state index contributed by atoms with van der Waals surface area (Å²) in [5.74, 6) is 0.516. The molecule has 10 heteroatoms. The lowest BCUT2D eigenvalue weighted by Crippen LogP contribution is -2.30. The SMILES string of the molecule is CCOC(=O)CN(c1ccc(C(C)C)cc1Br)c1nc(C)cc(N(CC)Cc2ccco2)c1[N+](=O)[O-]. The number of hydrogen-bond acceptors (Lipinski definition) is 8. The Bertz CT molecular complexity index is 1210. The van der Waals surface area contributed by atoms with E-state index >= 15 is 0 Å². The van der Waals surface area contributed by atoms with Gasteiger partial charge in [-0.25, -0.2) is 4.98 Å². The van der Waals surface area contributed by atoms with Gasteiger partial charge in [0.15, 0.2) is 0 Å². The van der Waals surface area contributed by atoms with Crippen LogP contribution in [0.1, 0.15) is 50.6 Å². The van der Waals surface area contributed by atoms with E-state index in [1.54, 1.807) is 37.1 Å². The fourth-order valence-electron chi connectivity index (χ4n) is 3.91. The van der Waals surface area contributed by atoms with E-state index in [-0.39, 0.29) is 30.6 Å². The van der Waals surface area contributed by atoms with E-state index in [1.807, 2.05) is 36.1 Å². The zero-order valence-corrected chi connectivity index (χ0v) is 22.7. The molecule has 0 spiro atoms. The minimum atomic E-state index is -0.514. The topological polar surface area (TPSA) is 102 Å². The van der Waals surface area contributed by atoms with Gasteiger partial charge in [0, 0.05) is 16.7 Å². The zero-order valence-electron chi connectivity index (χ0n) is 21.2. The van der Waals surface area contributed by atoms with Crippen molar-refractivity contribution in [2.75, 3.05) is 29.5 Å². The predicted molar refractivity (Wildman–Crippen MR) is 143 cm³/mol. The molecule has 3 aromatic rings. The van der Waals surface area contributed by atoms with Gasteiger partial charge in [-0.1, -0.05) is 19.9 Å². The number of esters is 1. The molecule has 0 atom stereocenters. The van der Waals surface area contributed by atoms with Crippen LogP contribution in [-0.2, 0) is 16.1 Å². The lowest BCUT2D eigenvalue weighted by atomic mass is 10.0. The predicted octanol–water partition coefficient (Wildman–Crippen LogP) is 6.50. The number of nitrogens with zero attached hydrogens (tertiary/aromatic N) is 4. The summed E-state index contributed by atoms with van der Waals surface area (Å²) in [6.45, 7) is 10.4. The van der Waals surface area contributed by atoms with Crippen molar-refractivity contribution in [2.24, 2.45) is 0 Å². The minimum Gasteiger partial charge on any atom is -0.467 e. The highest BCUT2D eigenvalue weighted by Crippen LogP contribution is 2.42. The van der Waals surface area contributed by atoms with Crippen LogP contribution in [-0.4, -0.2) is 35.6 Å². The molecule has 0 radical (unpaired) electrons. The number of pyridine rings is 1. The molecule has 0 aliphatic carbocycles. The van der Waals surface area contributed by atoms with Crippen LogP contribution in [0.5, 0.6) is 0 Å². The standard InChI is InChI=1S/C26H31BrN4O5/c1-6-29(15-20-9-8-12-36-20)23-13-18(5)28-26(25(23)31(33)34)30(16-24(32)35-7-2)22-11-10-19(17(3)4)14-21(22)27/h8-14,17H,6-7,15-16H2,1-5H3. The van der Waals surface area contributed by atoms with E-state index in [4.69, 9.17) is 9.15 Å². The molecule has 2 aromatic heterocycles. The first-order chi connectivity index (χ1) is 17.2. The number of rotatable bonds is 11. The molecule has 1 aromatic carbocycles. The first-order valence-corrected chi connectivity index (χ1v) is 12.6. The molecular weight excluding hydrogens is 528 g/mol. The van der Waals surface area contributed by atoms with Crippen LogP contribution < -0.4 is 9.80 Å². The lowest BCUT2D eigenvalue weighted by Gasteiger charge is -2.28. The Labute approximate surface area is 219 Å². The molecule has 0 amide bonds. The van der Waals surface area contributed by atoms with E-state index in [0.29, 0.717) is 40.4 Å². The van der Waals surface area contributed by atoms with Crippen LogP contribution >= 0.6 is 15.9 Å². The van der Waals surface area contributed by atoms with Crippen molar-refractivity contribution in [1.82, 2.24) is 4.98 Å². The molecule has 2 heterocycles. The van der Waals surface area contributed by atoms with Crippen molar-refractivity contribution in [3.8, 4) is 0 Å². The minimum absolute atomic E-state index is 0.0685. The number of aryl methyl sites for hydroxylation is 1. The molecule has 0 N–H and O–H groups in total. The summed E-state index contributed by atoms with van der Waals surface area (Å²) in [7, 11) is 0. The third-order valence-electron chi connectivity index (χ3n) is 5.69. The van der Waals surface area contributed by atoms with Gasteiger partial charge in [0.05, 0.1) is 30.0 Å². The van der Waals surface area contributed by atoms with Gasteiger partial charge in [-0.3, -0.25) is 14.9 Å². The highest BCUT2D eigenvalue weighted by atomic mass is 79.9. The smallest absolute Gasteiger partial charge is 0.335 e. The highest BCUT2D eigenvalue weighted by molar-refractivity contribution is 9.10. The van der Waals surface area contributed by atoms with E-state index < -0.39 is 10.9 Å². The van der Waals surface area contributed by atoms with E-state index in [0.717, 1.165) is 5.56 Å². The van der Waals surface area contributed by atoms with Crippen molar-refractivity contribution in [2.45, 2.75) is 47.1 Å². The summed E-state index contributed by atoms with van der Waals surface area (Å²) >= 11 is 3.61. The fraction of sp³-hybridized carbons (Fsp3) is 0.385. The second kappa shape index (κ2) is 12.0. The average molecular weight is 559 g/mol. The largest absolute Gasteiger partial charge is 0.467 e. The first-order valence-electron chi connectivity index (χ1n) is 11.8. The molecule has 0 bridgehead atoms. The van der Waals surface area contributed by atoms with E-state index in [9.17, 15) is 14.9 Å². The third-order valence-corrected chi connectivity index (χ3v) is 6.33. The number of benzene rings is 1. The molecule has 0 fully saturated rings. The first kappa shape index (κ1) is 27.2. The number of nitro groups is 1. The van der Waals surface area contributed by atoms with E-state index in [2.05, 4.69) is 34.8 Å². The zero-order chi connectivity index (χ0) is 26.4. The van der Waals surface area contributed by atoms with Crippen molar-refractivity contribution in [3.63, 3.8) is 0 Å². The fourth-order valence-corrected chi connectivity index (χ4v) is 4.52. The highest BCUT2D eigenvalue weighted by Gasteiger charge is 2.32. The summed E-state index contributed by atoms with van der Waals surface area (Å²) in [5.41, 5.74) is 2.44. The van der Waals surface area contributed by atoms with Gasteiger partial charge in [0.25, 0.3) is 0 Å². The van der Waals surface area contributed by atoms with Gasteiger partial charge in [-0.2, -0.15) is 0 Å². The second-order valence-electron chi connectivity index (χ2n) is 8.56. The van der Waals surface area contributed by atoms with Crippen molar-refractivity contribution in [1.29, 1.82) is 0 Å². The summed E-state index contributed by atoms with van der Waals surface area (Å²) in [6.07, 6.45) is 1.57. The van der Waals surface area contributed by atoms with Crippen LogP contribution in [0.25, 0.3) is 0 Å². The van der Waals surface area contributed by atoms with Crippen molar-refractivity contribution >= 4 is 44.8 Å².